The van der Waals surface area contributed by atoms with Crippen LogP contribution in [0.2, 0.25) is 0 Å². The fraction of sp³-hybridized carbons (Fsp3) is 0.556. The third kappa shape index (κ3) is 7.12. The van der Waals surface area contributed by atoms with Gasteiger partial charge in [-0.15, -0.1) is 10.2 Å². The van der Waals surface area contributed by atoms with Crippen LogP contribution >= 0.6 is 0 Å². The van der Waals surface area contributed by atoms with Gasteiger partial charge < -0.3 is 9.15 Å². The molecule has 9 heteroatoms. The molecule has 148 valence electrons. The lowest BCUT2D eigenvalue weighted by Gasteiger charge is -2.01. The number of unbranched alkanes of at least 4 members (excludes halogenated alkanes) is 2. The van der Waals surface area contributed by atoms with Crippen LogP contribution in [0.25, 0.3) is 11.6 Å². The SMILES string of the molecule is CC.CCOC(=O)CCCCCc1nnc(-c2ncc([N+](=O)[O-])cc2C)o1. The van der Waals surface area contributed by atoms with Gasteiger partial charge in [0, 0.05) is 18.9 Å². The summed E-state index contributed by atoms with van der Waals surface area (Å²) in [5.74, 6) is 0.543. The number of nitrogens with zero attached hydrogens (tertiary/aromatic N) is 4. The zero-order valence-corrected chi connectivity index (χ0v) is 16.2. The van der Waals surface area contributed by atoms with Crippen molar-refractivity contribution in [1.82, 2.24) is 15.2 Å². The van der Waals surface area contributed by atoms with Crippen molar-refractivity contribution in [3.63, 3.8) is 0 Å². The minimum absolute atomic E-state index is 0.0809. The van der Waals surface area contributed by atoms with E-state index in [-0.39, 0.29) is 17.5 Å². The Hall–Kier alpha value is -2.84. The van der Waals surface area contributed by atoms with Crippen LogP contribution in [0.5, 0.6) is 0 Å². The Labute approximate surface area is 158 Å². The molecule has 2 aromatic rings. The predicted octanol–water partition coefficient (Wildman–Crippen LogP) is 4.04. The highest BCUT2D eigenvalue weighted by molar-refractivity contribution is 5.69. The number of carbonyl (C=O) groups is 1. The number of carbonyl (C=O) groups excluding carboxylic acids is 1. The monoisotopic (exact) mass is 378 g/mol. The minimum Gasteiger partial charge on any atom is -0.466 e. The Morgan fingerprint density at radius 3 is 2.63 bits per heavy atom. The second-order valence-electron chi connectivity index (χ2n) is 5.48. The average molecular weight is 378 g/mol. The van der Waals surface area contributed by atoms with Crippen molar-refractivity contribution in [3.8, 4) is 11.6 Å². The van der Waals surface area contributed by atoms with Gasteiger partial charge in [-0.2, -0.15) is 0 Å². The van der Waals surface area contributed by atoms with E-state index in [1.54, 1.807) is 13.8 Å². The fourth-order valence-corrected chi connectivity index (χ4v) is 2.29. The molecule has 9 nitrogen and oxygen atoms in total. The van der Waals surface area contributed by atoms with E-state index in [1.165, 1.54) is 12.3 Å². The van der Waals surface area contributed by atoms with Gasteiger partial charge in [0.15, 0.2) is 0 Å². The highest BCUT2D eigenvalue weighted by atomic mass is 16.6. The number of esters is 1. The maximum absolute atomic E-state index is 11.2. The molecule has 0 bridgehead atoms. The van der Waals surface area contributed by atoms with Gasteiger partial charge in [0.05, 0.1) is 11.5 Å². The summed E-state index contributed by atoms with van der Waals surface area (Å²) in [7, 11) is 0. The molecule has 0 spiro atoms. The number of aromatic nitrogens is 3. The van der Waals surface area contributed by atoms with Gasteiger partial charge in [0.2, 0.25) is 5.89 Å². The quantitative estimate of drug-likeness (QED) is 0.277. The molecular formula is C18H26N4O5. The molecule has 0 unspecified atom stereocenters. The first-order chi connectivity index (χ1) is 13.0. The second-order valence-corrected chi connectivity index (χ2v) is 5.48. The van der Waals surface area contributed by atoms with E-state index >= 15 is 0 Å². The van der Waals surface area contributed by atoms with E-state index in [9.17, 15) is 14.9 Å². The minimum atomic E-state index is -0.501. The summed E-state index contributed by atoms with van der Waals surface area (Å²) in [6, 6.07) is 1.42. The number of ether oxygens (including phenoxy) is 1. The van der Waals surface area contributed by atoms with Gasteiger partial charge in [-0.3, -0.25) is 14.9 Å². The molecule has 2 aromatic heterocycles. The Morgan fingerprint density at radius 1 is 1.26 bits per heavy atom. The molecular weight excluding hydrogens is 352 g/mol. The number of hydrogen-bond donors (Lipinski definition) is 0. The number of pyridine rings is 1. The Kier molecular flexibility index (Phi) is 9.63. The van der Waals surface area contributed by atoms with Crippen LogP contribution in [0.15, 0.2) is 16.7 Å². The maximum Gasteiger partial charge on any atom is 0.305 e. The van der Waals surface area contributed by atoms with Crippen LogP contribution in [0.4, 0.5) is 5.69 Å². The van der Waals surface area contributed by atoms with Crippen molar-refractivity contribution in [1.29, 1.82) is 0 Å². The Balaban J connectivity index is 0.00000176. The van der Waals surface area contributed by atoms with Crippen molar-refractivity contribution < 1.29 is 18.9 Å². The molecule has 0 amide bonds. The first-order valence-corrected chi connectivity index (χ1v) is 9.10. The Morgan fingerprint density at radius 2 is 2.00 bits per heavy atom. The molecule has 0 atom stereocenters. The van der Waals surface area contributed by atoms with Gasteiger partial charge >= 0.3 is 5.97 Å². The second kappa shape index (κ2) is 11.7. The smallest absolute Gasteiger partial charge is 0.305 e. The molecule has 0 fully saturated rings. The summed E-state index contributed by atoms with van der Waals surface area (Å²) >= 11 is 0. The summed E-state index contributed by atoms with van der Waals surface area (Å²) in [5.41, 5.74) is 0.952. The molecule has 2 heterocycles. The van der Waals surface area contributed by atoms with E-state index < -0.39 is 4.92 Å². The standard InChI is InChI=1S/C16H20N4O5.C2H6/c1-3-24-14(21)8-6-4-5-7-13-18-19-16(25-13)15-11(2)9-12(10-17-15)20(22)23;1-2/h9-10H,3-8H2,1-2H3;1-2H3. The van der Waals surface area contributed by atoms with Crippen molar-refractivity contribution in [3.05, 3.63) is 33.8 Å². The largest absolute Gasteiger partial charge is 0.466 e. The fourth-order valence-electron chi connectivity index (χ4n) is 2.29. The topological polar surface area (TPSA) is 121 Å². The molecule has 0 aliphatic rings. The Bertz CT molecular complexity index is 745. The summed E-state index contributed by atoms with van der Waals surface area (Å²) < 4.78 is 10.4. The first-order valence-electron chi connectivity index (χ1n) is 9.10. The average Bonchev–Trinajstić information content (AvgIpc) is 3.11. The molecule has 0 radical (unpaired) electrons. The third-order valence-corrected chi connectivity index (χ3v) is 3.52. The molecule has 0 N–H and O–H groups in total. The number of nitro groups is 1. The van der Waals surface area contributed by atoms with E-state index in [1.807, 2.05) is 13.8 Å². The van der Waals surface area contributed by atoms with Gasteiger partial charge in [0.1, 0.15) is 11.9 Å². The summed E-state index contributed by atoms with van der Waals surface area (Å²) in [6.45, 7) is 7.89. The lowest BCUT2D eigenvalue weighted by atomic mass is 10.1. The van der Waals surface area contributed by atoms with Crippen molar-refractivity contribution in [2.45, 2.75) is 59.8 Å². The van der Waals surface area contributed by atoms with Crippen LogP contribution in [-0.4, -0.2) is 32.7 Å². The molecule has 0 saturated heterocycles. The number of aryl methyl sites for hydroxylation is 2. The van der Waals surface area contributed by atoms with Crippen LogP contribution in [0, 0.1) is 17.0 Å². The van der Waals surface area contributed by atoms with Gasteiger partial charge in [-0.05, 0) is 32.3 Å². The zero-order valence-electron chi connectivity index (χ0n) is 16.2. The lowest BCUT2D eigenvalue weighted by molar-refractivity contribution is -0.385. The van der Waals surface area contributed by atoms with Crippen LogP contribution in [-0.2, 0) is 16.0 Å². The molecule has 0 aromatic carbocycles. The van der Waals surface area contributed by atoms with E-state index in [0.717, 1.165) is 19.3 Å². The zero-order chi connectivity index (χ0) is 20.2. The molecule has 0 aliphatic carbocycles. The van der Waals surface area contributed by atoms with Crippen molar-refractivity contribution in [2.24, 2.45) is 0 Å². The summed E-state index contributed by atoms with van der Waals surface area (Å²) in [5, 5.41) is 18.7. The highest BCUT2D eigenvalue weighted by Gasteiger charge is 2.16. The molecule has 0 saturated carbocycles. The van der Waals surface area contributed by atoms with E-state index in [4.69, 9.17) is 9.15 Å². The van der Waals surface area contributed by atoms with Crippen LogP contribution < -0.4 is 0 Å². The van der Waals surface area contributed by atoms with Crippen LogP contribution in [0.1, 0.15) is 57.9 Å². The molecule has 0 aliphatic heterocycles. The predicted molar refractivity (Wildman–Crippen MR) is 99.1 cm³/mol. The third-order valence-electron chi connectivity index (χ3n) is 3.52. The van der Waals surface area contributed by atoms with Crippen LogP contribution in [0.3, 0.4) is 0 Å². The number of rotatable bonds is 9. The van der Waals surface area contributed by atoms with Gasteiger partial charge in [-0.25, -0.2) is 4.98 Å². The highest BCUT2D eigenvalue weighted by Crippen LogP contribution is 2.23. The van der Waals surface area contributed by atoms with Crippen molar-refractivity contribution >= 4 is 11.7 Å². The number of hydrogen-bond acceptors (Lipinski definition) is 8. The van der Waals surface area contributed by atoms with Gasteiger partial charge in [0.25, 0.3) is 11.6 Å². The van der Waals surface area contributed by atoms with E-state index in [2.05, 4.69) is 15.2 Å². The first kappa shape index (κ1) is 22.2. The van der Waals surface area contributed by atoms with Gasteiger partial charge in [-0.1, -0.05) is 20.3 Å². The normalized spacial score (nSPS) is 10.1. The summed E-state index contributed by atoms with van der Waals surface area (Å²) in [4.78, 5) is 25.5. The summed E-state index contributed by atoms with van der Waals surface area (Å²) in [6.07, 6.45) is 4.60. The molecule has 27 heavy (non-hydrogen) atoms. The lowest BCUT2D eigenvalue weighted by Crippen LogP contribution is -2.03. The maximum atomic E-state index is 11.2. The van der Waals surface area contributed by atoms with Crippen molar-refractivity contribution in [2.75, 3.05) is 6.61 Å². The van der Waals surface area contributed by atoms with E-state index in [0.29, 0.717) is 36.6 Å². The molecule has 2 rings (SSSR count).